The number of hydrogen-bond acceptors (Lipinski definition) is 5. The quantitative estimate of drug-likeness (QED) is 0.643. The van der Waals surface area contributed by atoms with Crippen LogP contribution in [-0.4, -0.2) is 53.7 Å². The van der Waals surface area contributed by atoms with Crippen molar-refractivity contribution in [2.75, 3.05) is 19.6 Å². The largest absolute Gasteiger partial charge is 0.351 e. The van der Waals surface area contributed by atoms with E-state index in [1.807, 2.05) is 24.4 Å². The fourth-order valence-corrected chi connectivity index (χ4v) is 3.61. The zero-order valence-corrected chi connectivity index (χ0v) is 16.8. The highest BCUT2D eigenvalue weighted by Gasteiger charge is 2.23. The normalized spacial score (nSPS) is 19.7. The second-order valence-corrected chi connectivity index (χ2v) is 7.97. The number of amides is 1. The molecular weight excluding hydrogens is 362 g/mol. The van der Waals surface area contributed by atoms with Gasteiger partial charge < -0.3 is 10.6 Å². The molecule has 1 aromatic heterocycles. The summed E-state index contributed by atoms with van der Waals surface area (Å²) in [5.74, 6) is 0.0445. The number of likely N-dealkylation sites (tertiary alicyclic amines) is 1. The average Bonchev–Trinajstić information content (AvgIpc) is 3.47. The van der Waals surface area contributed by atoms with Gasteiger partial charge in [0.05, 0.1) is 18.3 Å². The van der Waals surface area contributed by atoms with Gasteiger partial charge >= 0.3 is 0 Å². The Bertz CT molecular complexity index is 834. The molecule has 152 valence electrons. The molecule has 1 atom stereocenters. The molecule has 29 heavy (non-hydrogen) atoms. The van der Waals surface area contributed by atoms with E-state index in [1.54, 1.807) is 6.20 Å². The van der Waals surface area contributed by atoms with Crippen LogP contribution in [0.3, 0.4) is 0 Å². The van der Waals surface area contributed by atoms with Crippen molar-refractivity contribution in [2.45, 2.75) is 44.4 Å². The number of pyridine rings is 1. The SMILES string of the molecule is O=C(CNCc1cc(C=NC2CC2)ccn1)NC1CCN(Cc2ccccc2)C1. The van der Waals surface area contributed by atoms with Crippen LogP contribution in [-0.2, 0) is 17.9 Å². The zero-order valence-electron chi connectivity index (χ0n) is 16.8. The summed E-state index contributed by atoms with van der Waals surface area (Å²) < 4.78 is 0. The molecule has 6 heteroatoms. The molecule has 1 amide bonds. The second-order valence-electron chi connectivity index (χ2n) is 7.97. The Hall–Kier alpha value is -2.57. The Morgan fingerprint density at radius 1 is 1.21 bits per heavy atom. The van der Waals surface area contributed by atoms with Crippen molar-refractivity contribution in [2.24, 2.45) is 4.99 Å². The van der Waals surface area contributed by atoms with Crippen LogP contribution >= 0.6 is 0 Å². The molecule has 0 radical (unpaired) electrons. The summed E-state index contributed by atoms with van der Waals surface area (Å²) in [5.41, 5.74) is 3.31. The summed E-state index contributed by atoms with van der Waals surface area (Å²) in [6, 6.07) is 15.2. The molecule has 6 nitrogen and oxygen atoms in total. The standard InChI is InChI=1S/C23H29N5O/c29-23(27-21-9-11-28(17-21)16-18-4-2-1-3-5-18)15-24-14-22-12-19(8-10-25-22)13-26-20-6-7-20/h1-5,8,10,12-13,20-21,24H,6-7,9,11,14-17H2,(H,27,29). The smallest absolute Gasteiger partial charge is 0.234 e. The topological polar surface area (TPSA) is 69.6 Å². The van der Waals surface area contributed by atoms with Crippen LogP contribution in [0.25, 0.3) is 0 Å². The summed E-state index contributed by atoms with van der Waals surface area (Å²) in [5, 5.41) is 6.35. The lowest BCUT2D eigenvalue weighted by Crippen LogP contribution is -2.41. The van der Waals surface area contributed by atoms with Gasteiger partial charge in [0.15, 0.2) is 0 Å². The second kappa shape index (κ2) is 9.76. The molecule has 2 aliphatic rings. The molecule has 4 rings (SSSR count). The summed E-state index contributed by atoms with van der Waals surface area (Å²) >= 11 is 0. The predicted molar refractivity (Wildman–Crippen MR) is 115 cm³/mol. The number of carbonyl (C=O) groups is 1. The van der Waals surface area contributed by atoms with Crippen LogP contribution < -0.4 is 10.6 Å². The van der Waals surface area contributed by atoms with Crippen LogP contribution in [0.2, 0.25) is 0 Å². The van der Waals surface area contributed by atoms with Crippen LogP contribution in [0.5, 0.6) is 0 Å². The van der Waals surface area contributed by atoms with Crippen LogP contribution in [0.4, 0.5) is 0 Å². The lowest BCUT2D eigenvalue weighted by Gasteiger charge is -2.17. The Morgan fingerprint density at radius 2 is 2.07 bits per heavy atom. The van der Waals surface area contributed by atoms with E-state index in [4.69, 9.17) is 0 Å². The first-order valence-electron chi connectivity index (χ1n) is 10.5. The molecule has 1 saturated carbocycles. The number of nitrogens with one attached hydrogen (secondary N) is 2. The predicted octanol–water partition coefficient (Wildman–Crippen LogP) is 2.14. The number of aliphatic imine (C=N–C) groups is 1. The van der Waals surface area contributed by atoms with Crippen molar-refractivity contribution < 1.29 is 4.79 Å². The Balaban J connectivity index is 1.15. The van der Waals surface area contributed by atoms with Crippen LogP contribution in [0.1, 0.15) is 36.1 Å². The minimum Gasteiger partial charge on any atom is -0.351 e. The molecule has 1 saturated heterocycles. The number of aromatic nitrogens is 1. The average molecular weight is 392 g/mol. The molecule has 2 fully saturated rings. The molecule has 2 heterocycles. The minimum absolute atomic E-state index is 0.0445. The van der Waals surface area contributed by atoms with Gasteiger partial charge in [0.1, 0.15) is 0 Å². The van der Waals surface area contributed by atoms with E-state index in [1.165, 1.54) is 18.4 Å². The molecule has 2 N–H and O–H groups in total. The molecule has 1 aliphatic carbocycles. The van der Waals surface area contributed by atoms with E-state index in [2.05, 4.69) is 49.8 Å². The van der Waals surface area contributed by atoms with Gasteiger partial charge in [-0.15, -0.1) is 0 Å². The molecule has 1 aromatic carbocycles. The van der Waals surface area contributed by atoms with Gasteiger partial charge in [-0.25, -0.2) is 0 Å². The molecule has 0 spiro atoms. The molecule has 0 bridgehead atoms. The van der Waals surface area contributed by atoms with Gasteiger partial charge in [-0.2, -0.15) is 0 Å². The third-order valence-corrected chi connectivity index (χ3v) is 5.30. The fraction of sp³-hybridized carbons (Fsp3) is 0.435. The summed E-state index contributed by atoms with van der Waals surface area (Å²) in [6.45, 7) is 3.75. The van der Waals surface area contributed by atoms with Gasteiger partial charge in [0.2, 0.25) is 5.91 Å². The minimum atomic E-state index is 0.0445. The van der Waals surface area contributed by atoms with E-state index in [9.17, 15) is 4.79 Å². The number of benzene rings is 1. The van der Waals surface area contributed by atoms with Crippen LogP contribution in [0.15, 0.2) is 53.7 Å². The Labute approximate surface area is 172 Å². The summed E-state index contributed by atoms with van der Waals surface area (Å²) in [7, 11) is 0. The van der Waals surface area contributed by atoms with E-state index in [0.717, 1.165) is 37.3 Å². The lowest BCUT2D eigenvalue weighted by atomic mass is 10.2. The first kappa shape index (κ1) is 19.7. The van der Waals surface area contributed by atoms with Crippen LogP contribution in [0, 0.1) is 0 Å². The van der Waals surface area contributed by atoms with Crippen molar-refractivity contribution >= 4 is 12.1 Å². The van der Waals surface area contributed by atoms with Crippen molar-refractivity contribution in [3.8, 4) is 0 Å². The Morgan fingerprint density at radius 3 is 2.90 bits per heavy atom. The van der Waals surface area contributed by atoms with Crippen molar-refractivity contribution in [3.63, 3.8) is 0 Å². The fourth-order valence-electron chi connectivity index (χ4n) is 3.61. The highest BCUT2D eigenvalue weighted by Crippen LogP contribution is 2.23. The van der Waals surface area contributed by atoms with Gasteiger partial charge in [0.25, 0.3) is 0 Å². The summed E-state index contributed by atoms with van der Waals surface area (Å²) in [4.78, 5) is 23.5. The number of rotatable bonds is 9. The van der Waals surface area contributed by atoms with Gasteiger partial charge in [-0.05, 0) is 42.5 Å². The van der Waals surface area contributed by atoms with E-state index >= 15 is 0 Å². The van der Waals surface area contributed by atoms with E-state index in [-0.39, 0.29) is 11.9 Å². The maximum absolute atomic E-state index is 12.3. The Kier molecular flexibility index (Phi) is 6.64. The van der Waals surface area contributed by atoms with E-state index in [0.29, 0.717) is 19.1 Å². The van der Waals surface area contributed by atoms with Gasteiger partial charge in [0, 0.05) is 44.6 Å². The third kappa shape index (κ3) is 6.48. The zero-order chi connectivity index (χ0) is 19.9. The molecular formula is C23H29N5O. The van der Waals surface area contributed by atoms with Gasteiger partial charge in [-0.1, -0.05) is 30.3 Å². The van der Waals surface area contributed by atoms with Crippen molar-refractivity contribution in [1.82, 2.24) is 20.5 Å². The first-order valence-corrected chi connectivity index (χ1v) is 10.5. The monoisotopic (exact) mass is 391 g/mol. The van der Waals surface area contributed by atoms with Crippen molar-refractivity contribution in [1.29, 1.82) is 0 Å². The van der Waals surface area contributed by atoms with Crippen molar-refractivity contribution in [3.05, 3.63) is 65.5 Å². The lowest BCUT2D eigenvalue weighted by molar-refractivity contribution is -0.120. The highest BCUT2D eigenvalue weighted by atomic mass is 16.2. The molecule has 2 aromatic rings. The number of carbonyl (C=O) groups excluding carboxylic acids is 1. The first-order chi connectivity index (χ1) is 14.2. The number of nitrogens with zero attached hydrogens (tertiary/aromatic N) is 3. The van der Waals surface area contributed by atoms with Gasteiger partial charge in [-0.3, -0.25) is 19.7 Å². The summed E-state index contributed by atoms with van der Waals surface area (Å²) in [6.07, 6.45) is 7.14. The number of hydrogen-bond donors (Lipinski definition) is 2. The third-order valence-electron chi connectivity index (χ3n) is 5.30. The molecule has 1 unspecified atom stereocenters. The molecule has 1 aliphatic heterocycles. The highest BCUT2D eigenvalue weighted by molar-refractivity contribution is 5.80. The maximum Gasteiger partial charge on any atom is 0.234 e. The van der Waals surface area contributed by atoms with E-state index < -0.39 is 0 Å². The maximum atomic E-state index is 12.3.